The Morgan fingerprint density at radius 3 is 2.93 bits per heavy atom. The average Bonchev–Trinajstić information content (AvgIpc) is 2.53. The van der Waals surface area contributed by atoms with Crippen molar-refractivity contribution in [3.63, 3.8) is 0 Å². The molecule has 3 N–H and O–H groups in total. The molecular weight excluding hydrogens is 260 g/mol. The van der Waals surface area contributed by atoms with Crippen LogP contribution >= 0.6 is 27.3 Å². The number of thiophene rings is 1. The molecule has 0 saturated carbocycles. The number of rotatable bonds is 5. The van der Waals surface area contributed by atoms with Gasteiger partial charge >= 0.3 is 0 Å². The second kappa shape index (κ2) is 5.66. The minimum Gasteiger partial charge on any atom is -0.271 e. The van der Waals surface area contributed by atoms with E-state index in [2.05, 4.69) is 39.4 Å². The summed E-state index contributed by atoms with van der Waals surface area (Å²) in [4.78, 5) is 1.26. The van der Waals surface area contributed by atoms with Crippen LogP contribution in [0.25, 0.3) is 0 Å². The predicted molar refractivity (Wildman–Crippen MR) is 66.1 cm³/mol. The highest BCUT2D eigenvalue weighted by Gasteiger charge is 2.11. The Bertz CT molecular complexity index is 309. The maximum atomic E-state index is 5.51. The van der Waals surface area contributed by atoms with Crippen molar-refractivity contribution in [2.45, 2.75) is 25.8 Å². The maximum Gasteiger partial charge on any atom is 0.0556 e. The molecule has 0 aromatic carbocycles. The summed E-state index contributed by atoms with van der Waals surface area (Å²) in [6.45, 7) is 5.93. The third kappa shape index (κ3) is 3.53. The molecule has 1 unspecified atom stereocenters. The van der Waals surface area contributed by atoms with Crippen molar-refractivity contribution >= 4 is 27.3 Å². The van der Waals surface area contributed by atoms with E-state index in [1.807, 2.05) is 6.92 Å². The number of nitrogens with one attached hydrogen (secondary N) is 1. The van der Waals surface area contributed by atoms with Crippen molar-refractivity contribution in [3.8, 4) is 0 Å². The third-order valence-corrected chi connectivity index (χ3v) is 3.80. The van der Waals surface area contributed by atoms with Gasteiger partial charge in [0.25, 0.3) is 0 Å². The SMILES string of the molecule is C=C(C)CCC(NN)c1cc(Br)cs1. The first-order valence-electron chi connectivity index (χ1n) is 4.48. The van der Waals surface area contributed by atoms with Gasteiger partial charge in [0.1, 0.15) is 0 Å². The Kier molecular flexibility index (Phi) is 4.81. The first-order chi connectivity index (χ1) is 6.63. The topological polar surface area (TPSA) is 38.0 Å². The van der Waals surface area contributed by atoms with Crippen LogP contribution in [-0.2, 0) is 0 Å². The van der Waals surface area contributed by atoms with Gasteiger partial charge in [0.05, 0.1) is 6.04 Å². The van der Waals surface area contributed by atoms with Crippen LogP contribution in [0.1, 0.15) is 30.7 Å². The third-order valence-electron chi connectivity index (χ3n) is 1.99. The van der Waals surface area contributed by atoms with Gasteiger partial charge in [-0.05, 0) is 41.8 Å². The quantitative estimate of drug-likeness (QED) is 0.491. The zero-order valence-electron chi connectivity index (χ0n) is 8.22. The first-order valence-corrected chi connectivity index (χ1v) is 6.15. The molecule has 0 amide bonds. The lowest BCUT2D eigenvalue weighted by Crippen LogP contribution is -2.27. The van der Waals surface area contributed by atoms with E-state index in [0.29, 0.717) is 0 Å². The molecule has 1 rings (SSSR count). The lowest BCUT2D eigenvalue weighted by molar-refractivity contribution is 0.523. The largest absolute Gasteiger partial charge is 0.271 e. The molecule has 1 atom stereocenters. The lowest BCUT2D eigenvalue weighted by atomic mass is 10.1. The normalized spacial score (nSPS) is 12.8. The molecule has 0 spiro atoms. The fourth-order valence-electron chi connectivity index (χ4n) is 1.21. The Morgan fingerprint density at radius 1 is 1.79 bits per heavy atom. The molecule has 0 aliphatic rings. The summed E-state index contributed by atoms with van der Waals surface area (Å²) in [5.74, 6) is 5.51. The van der Waals surface area contributed by atoms with Gasteiger partial charge in [0.2, 0.25) is 0 Å². The van der Waals surface area contributed by atoms with Gasteiger partial charge in [-0.1, -0.05) is 5.57 Å². The molecule has 1 heterocycles. The number of halogens is 1. The Labute approximate surface area is 97.3 Å². The molecule has 2 nitrogen and oxygen atoms in total. The van der Waals surface area contributed by atoms with Gasteiger partial charge in [-0.2, -0.15) is 0 Å². The fraction of sp³-hybridized carbons (Fsp3) is 0.400. The molecule has 0 aliphatic carbocycles. The minimum absolute atomic E-state index is 0.239. The van der Waals surface area contributed by atoms with Crippen LogP contribution in [0.4, 0.5) is 0 Å². The van der Waals surface area contributed by atoms with Crippen LogP contribution < -0.4 is 11.3 Å². The summed E-state index contributed by atoms with van der Waals surface area (Å²) in [5.41, 5.74) is 4.03. The molecule has 1 aromatic heterocycles. The minimum atomic E-state index is 0.239. The molecule has 14 heavy (non-hydrogen) atoms. The van der Waals surface area contributed by atoms with Gasteiger partial charge in [-0.25, -0.2) is 0 Å². The van der Waals surface area contributed by atoms with Crippen LogP contribution in [-0.4, -0.2) is 0 Å². The molecule has 0 radical (unpaired) electrons. The van der Waals surface area contributed by atoms with E-state index in [9.17, 15) is 0 Å². The first kappa shape index (κ1) is 11.9. The lowest BCUT2D eigenvalue weighted by Gasteiger charge is -2.13. The maximum absolute atomic E-state index is 5.51. The Hall–Kier alpha value is -0.160. The van der Waals surface area contributed by atoms with E-state index in [4.69, 9.17) is 5.84 Å². The molecule has 4 heteroatoms. The summed E-state index contributed by atoms with van der Waals surface area (Å²) in [6.07, 6.45) is 2.00. The highest BCUT2D eigenvalue weighted by atomic mass is 79.9. The van der Waals surface area contributed by atoms with Crippen LogP contribution in [0, 0.1) is 0 Å². The molecule has 78 valence electrons. The number of hydrogen-bond acceptors (Lipinski definition) is 3. The van der Waals surface area contributed by atoms with Gasteiger partial charge in [0, 0.05) is 14.7 Å². The smallest absolute Gasteiger partial charge is 0.0556 e. The highest BCUT2D eigenvalue weighted by molar-refractivity contribution is 9.10. The summed E-state index contributed by atoms with van der Waals surface area (Å²) in [7, 11) is 0. The summed E-state index contributed by atoms with van der Waals surface area (Å²) in [6, 6.07) is 2.34. The van der Waals surface area contributed by atoms with Crippen LogP contribution in [0.5, 0.6) is 0 Å². The monoisotopic (exact) mass is 274 g/mol. The second-order valence-corrected chi connectivity index (χ2v) is 5.24. The summed E-state index contributed by atoms with van der Waals surface area (Å²) in [5, 5.41) is 2.07. The molecule has 1 aromatic rings. The number of hydrazine groups is 1. The summed E-state index contributed by atoms with van der Waals surface area (Å²) < 4.78 is 1.12. The molecule has 0 fully saturated rings. The van der Waals surface area contributed by atoms with E-state index in [1.54, 1.807) is 11.3 Å². The van der Waals surface area contributed by atoms with Crippen LogP contribution in [0.2, 0.25) is 0 Å². The zero-order chi connectivity index (χ0) is 10.6. The fourth-order valence-corrected chi connectivity index (χ4v) is 2.75. The van der Waals surface area contributed by atoms with Crippen molar-refractivity contribution in [1.29, 1.82) is 0 Å². The zero-order valence-corrected chi connectivity index (χ0v) is 10.6. The average molecular weight is 275 g/mol. The van der Waals surface area contributed by atoms with Crippen molar-refractivity contribution in [2.75, 3.05) is 0 Å². The van der Waals surface area contributed by atoms with Crippen molar-refractivity contribution in [3.05, 3.63) is 32.9 Å². The van der Waals surface area contributed by atoms with E-state index >= 15 is 0 Å². The Balaban J connectivity index is 2.58. The van der Waals surface area contributed by atoms with Crippen molar-refractivity contribution < 1.29 is 0 Å². The van der Waals surface area contributed by atoms with Crippen molar-refractivity contribution in [1.82, 2.24) is 5.43 Å². The number of hydrogen-bond donors (Lipinski definition) is 2. The standard InChI is InChI=1S/C10H15BrN2S/c1-7(2)3-4-9(13-12)10-5-8(11)6-14-10/h5-6,9,13H,1,3-4,12H2,2H3. The highest BCUT2D eigenvalue weighted by Crippen LogP contribution is 2.28. The van der Waals surface area contributed by atoms with E-state index in [1.165, 1.54) is 10.5 Å². The number of nitrogens with two attached hydrogens (primary N) is 1. The van der Waals surface area contributed by atoms with E-state index in [0.717, 1.165) is 17.3 Å². The predicted octanol–water partition coefficient (Wildman–Crippen LogP) is 3.37. The summed E-state index contributed by atoms with van der Waals surface area (Å²) >= 11 is 5.15. The van der Waals surface area contributed by atoms with Crippen LogP contribution in [0.15, 0.2) is 28.1 Å². The van der Waals surface area contributed by atoms with Gasteiger partial charge in [0.15, 0.2) is 0 Å². The van der Waals surface area contributed by atoms with E-state index < -0.39 is 0 Å². The van der Waals surface area contributed by atoms with E-state index in [-0.39, 0.29) is 6.04 Å². The van der Waals surface area contributed by atoms with Crippen molar-refractivity contribution in [2.24, 2.45) is 5.84 Å². The van der Waals surface area contributed by atoms with Gasteiger partial charge in [-0.15, -0.1) is 17.9 Å². The molecule has 0 aliphatic heterocycles. The Morgan fingerprint density at radius 2 is 2.50 bits per heavy atom. The molecular formula is C10H15BrN2S. The molecule has 0 saturated heterocycles. The number of allylic oxidation sites excluding steroid dienone is 1. The molecule has 0 bridgehead atoms. The van der Waals surface area contributed by atoms with Crippen LogP contribution in [0.3, 0.4) is 0 Å². The van der Waals surface area contributed by atoms with Gasteiger partial charge < -0.3 is 0 Å². The van der Waals surface area contributed by atoms with Gasteiger partial charge in [-0.3, -0.25) is 11.3 Å². The second-order valence-electron chi connectivity index (χ2n) is 3.38.